The first-order chi connectivity index (χ1) is 6.26. The van der Waals surface area contributed by atoms with Gasteiger partial charge in [-0.3, -0.25) is 0 Å². The summed E-state index contributed by atoms with van der Waals surface area (Å²) in [4.78, 5) is 13.3. The van der Waals surface area contributed by atoms with Crippen molar-refractivity contribution in [1.29, 1.82) is 0 Å². The van der Waals surface area contributed by atoms with Gasteiger partial charge in [0.2, 0.25) is 0 Å². The first kappa shape index (κ1) is 8.81. The Morgan fingerprint density at radius 3 is 3.00 bits per heavy atom. The molecule has 0 aromatic carbocycles. The third-order valence-electron chi connectivity index (χ3n) is 3.27. The van der Waals surface area contributed by atoms with Crippen molar-refractivity contribution in [2.75, 3.05) is 33.2 Å². The van der Waals surface area contributed by atoms with Crippen molar-refractivity contribution < 1.29 is 4.79 Å². The molecule has 0 saturated carbocycles. The Morgan fingerprint density at radius 1 is 1.54 bits per heavy atom. The predicted octanol–water partition coefficient (Wildman–Crippen LogP) is 0.0112. The molecule has 0 unspecified atom stereocenters. The lowest BCUT2D eigenvalue weighted by molar-refractivity contribution is 0.204. The molecule has 1 atom stereocenters. The number of amides is 2. The fourth-order valence-corrected chi connectivity index (χ4v) is 2.41. The molecule has 2 N–H and O–H groups in total. The summed E-state index contributed by atoms with van der Waals surface area (Å²) in [6.07, 6.45) is 2.38. The Morgan fingerprint density at radius 2 is 2.38 bits per heavy atom. The fourth-order valence-electron chi connectivity index (χ4n) is 2.41. The molecule has 0 aromatic rings. The molecule has 2 saturated heterocycles. The van der Waals surface area contributed by atoms with Gasteiger partial charge in [-0.1, -0.05) is 0 Å². The lowest BCUT2D eigenvalue weighted by atomic mass is 9.87. The summed E-state index contributed by atoms with van der Waals surface area (Å²) in [5, 5.41) is 6.05. The SMILES string of the molecule is CNC(=O)N1CC[C@@]2(CCNC2)C1. The number of nitrogens with zero attached hydrogens (tertiary/aromatic N) is 1. The van der Waals surface area contributed by atoms with E-state index in [2.05, 4.69) is 10.6 Å². The number of rotatable bonds is 0. The molecule has 1 spiro atoms. The molecule has 0 radical (unpaired) electrons. The number of hydrogen-bond donors (Lipinski definition) is 2. The Labute approximate surface area is 78.7 Å². The molecule has 74 valence electrons. The van der Waals surface area contributed by atoms with Crippen molar-refractivity contribution in [2.45, 2.75) is 12.8 Å². The monoisotopic (exact) mass is 183 g/mol. The summed E-state index contributed by atoms with van der Waals surface area (Å²) in [6.45, 7) is 4.04. The predicted molar refractivity (Wildman–Crippen MR) is 50.6 cm³/mol. The van der Waals surface area contributed by atoms with Crippen molar-refractivity contribution in [1.82, 2.24) is 15.5 Å². The van der Waals surface area contributed by atoms with Crippen LogP contribution in [0.5, 0.6) is 0 Å². The van der Waals surface area contributed by atoms with Crippen LogP contribution in [-0.2, 0) is 0 Å². The topological polar surface area (TPSA) is 44.4 Å². The van der Waals surface area contributed by atoms with Crippen molar-refractivity contribution >= 4 is 6.03 Å². The Kier molecular flexibility index (Phi) is 2.15. The minimum absolute atomic E-state index is 0.0729. The van der Waals surface area contributed by atoms with Crippen LogP contribution in [0.2, 0.25) is 0 Å². The smallest absolute Gasteiger partial charge is 0.317 e. The van der Waals surface area contributed by atoms with Gasteiger partial charge in [0.25, 0.3) is 0 Å². The molecule has 2 aliphatic heterocycles. The van der Waals surface area contributed by atoms with Gasteiger partial charge >= 0.3 is 6.03 Å². The maximum atomic E-state index is 11.3. The minimum atomic E-state index is 0.0729. The summed E-state index contributed by atoms with van der Waals surface area (Å²) in [6, 6.07) is 0.0729. The quantitative estimate of drug-likeness (QED) is 0.555. The van der Waals surface area contributed by atoms with E-state index < -0.39 is 0 Å². The zero-order valence-corrected chi connectivity index (χ0v) is 8.10. The van der Waals surface area contributed by atoms with E-state index in [-0.39, 0.29) is 6.03 Å². The van der Waals surface area contributed by atoms with Gasteiger partial charge in [0.15, 0.2) is 0 Å². The van der Waals surface area contributed by atoms with E-state index in [0.29, 0.717) is 5.41 Å². The average molecular weight is 183 g/mol. The molecule has 2 rings (SSSR count). The van der Waals surface area contributed by atoms with Crippen molar-refractivity contribution in [3.63, 3.8) is 0 Å². The second-order valence-electron chi connectivity index (χ2n) is 4.15. The van der Waals surface area contributed by atoms with Crippen LogP contribution in [0.15, 0.2) is 0 Å². The highest BCUT2D eigenvalue weighted by Gasteiger charge is 2.41. The zero-order valence-electron chi connectivity index (χ0n) is 8.10. The van der Waals surface area contributed by atoms with Crippen LogP contribution in [0, 0.1) is 5.41 Å². The van der Waals surface area contributed by atoms with E-state index in [9.17, 15) is 4.79 Å². The van der Waals surface area contributed by atoms with Gasteiger partial charge in [0.05, 0.1) is 0 Å². The Hall–Kier alpha value is -0.770. The highest BCUT2D eigenvalue weighted by Crippen LogP contribution is 2.35. The Bertz CT molecular complexity index is 211. The number of carbonyl (C=O) groups is 1. The highest BCUT2D eigenvalue weighted by atomic mass is 16.2. The van der Waals surface area contributed by atoms with E-state index in [1.165, 1.54) is 6.42 Å². The summed E-state index contributed by atoms with van der Waals surface area (Å²) in [5.74, 6) is 0. The normalized spacial score (nSPS) is 32.8. The number of nitrogens with one attached hydrogen (secondary N) is 2. The summed E-state index contributed by atoms with van der Waals surface area (Å²) in [7, 11) is 1.69. The second kappa shape index (κ2) is 3.18. The molecule has 2 heterocycles. The van der Waals surface area contributed by atoms with Gasteiger partial charge < -0.3 is 15.5 Å². The van der Waals surface area contributed by atoms with Crippen molar-refractivity contribution in [3.05, 3.63) is 0 Å². The van der Waals surface area contributed by atoms with Crippen LogP contribution in [0.4, 0.5) is 4.79 Å². The van der Waals surface area contributed by atoms with Gasteiger partial charge in [-0.15, -0.1) is 0 Å². The van der Waals surface area contributed by atoms with Gasteiger partial charge in [-0.25, -0.2) is 4.79 Å². The summed E-state index contributed by atoms with van der Waals surface area (Å²) < 4.78 is 0. The average Bonchev–Trinajstić information content (AvgIpc) is 2.76. The van der Waals surface area contributed by atoms with E-state index in [1.807, 2.05) is 4.90 Å². The number of carbonyl (C=O) groups excluding carboxylic acids is 1. The van der Waals surface area contributed by atoms with Crippen LogP contribution < -0.4 is 10.6 Å². The number of likely N-dealkylation sites (tertiary alicyclic amines) is 1. The van der Waals surface area contributed by atoms with Gasteiger partial charge in [0.1, 0.15) is 0 Å². The zero-order chi connectivity index (χ0) is 9.31. The lowest BCUT2D eigenvalue weighted by Gasteiger charge is -2.22. The molecule has 4 heteroatoms. The van der Waals surface area contributed by atoms with E-state index in [1.54, 1.807) is 7.05 Å². The van der Waals surface area contributed by atoms with Gasteiger partial charge in [-0.05, 0) is 19.4 Å². The van der Waals surface area contributed by atoms with Gasteiger partial charge in [-0.2, -0.15) is 0 Å². The second-order valence-corrected chi connectivity index (χ2v) is 4.15. The van der Waals surface area contributed by atoms with Crippen LogP contribution in [0.25, 0.3) is 0 Å². The molecule has 0 aliphatic carbocycles. The van der Waals surface area contributed by atoms with Gasteiger partial charge in [0, 0.05) is 32.1 Å². The van der Waals surface area contributed by atoms with E-state index in [4.69, 9.17) is 0 Å². The molecule has 0 aromatic heterocycles. The maximum Gasteiger partial charge on any atom is 0.317 e. The maximum absolute atomic E-state index is 11.3. The third kappa shape index (κ3) is 1.50. The van der Waals surface area contributed by atoms with Crippen LogP contribution >= 0.6 is 0 Å². The summed E-state index contributed by atoms with van der Waals surface area (Å²) in [5.41, 5.74) is 0.395. The van der Waals surface area contributed by atoms with E-state index in [0.717, 1.165) is 32.6 Å². The summed E-state index contributed by atoms with van der Waals surface area (Å²) >= 11 is 0. The molecule has 2 amide bonds. The number of urea groups is 1. The molecule has 4 nitrogen and oxygen atoms in total. The van der Waals surface area contributed by atoms with Crippen molar-refractivity contribution in [2.24, 2.45) is 5.41 Å². The highest BCUT2D eigenvalue weighted by molar-refractivity contribution is 5.74. The molecule has 2 fully saturated rings. The van der Waals surface area contributed by atoms with Crippen LogP contribution in [0.3, 0.4) is 0 Å². The van der Waals surface area contributed by atoms with E-state index >= 15 is 0 Å². The first-order valence-corrected chi connectivity index (χ1v) is 4.93. The fraction of sp³-hybridized carbons (Fsp3) is 0.889. The van der Waals surface area contributed by atoms with Crippen molar-refractivity contribution in [3.8, 4) is 0 Å². The molecule has 13 heavy (non-hydrogen) atoms. The third-order valence-corrected chi connectivity index (χ3v) is 3.27. The van der Waals surface area contributed by atoms with Crippen LogP contribution in [0.1, 0.15) is 12.8 Å². The molecular formula is C9H17N3O. The Balaban J connectivity index is 1.96. The van der Waals surface area contributed by atoms with Crippen LogP contribution in [-0.4, -0.2) is 44.2 Å². The standard InChI is InChI=1S/C9H17N3O/c1-10-8(13)12-5-3-9(7-12)2-4-11-6-9/h11H,2-7H2,1H3,(H,10,13)/t9-/m1/s1. The lowest BCUT2D eigenvalue weighted by Crippen LogP contribution is -2.38. The molecular weight excluding hydrogens is 166 g/mol. The largest absolute Gasteiger partial charge is 0.341 e. The molecule has 2 aliphatic rings. The minimum Gasteiger partial charge on any atom is -0.341 e. The number of hydrogen-bond acceptors (Lipinski definition) is 2. The molecule has 0 bridgehead atoms. The first-order valence-electron chi connectivity index (χ1n) is 4.93.